The van der Waals surface area contributed by atoms with Crippen LogP contribution in [0.3, 0.4) is 0 Å². The van der Waals surface area contributed by atoms with E-state index in [2.05, 4.69) is 18.0 Å². The first kappa shape index (κ1) is 13.6. The lowest BCUT2D eigenvalue weighted by atomic mass is 9.76. The molecule has 0 radical (unpaired) electrons. The highest BCUT2D eigenvalue weighted by Gasteiger charge is 2.51. The first-order chi connectivity index (χ1) is 10.7. The number of rotatable bonds is 2. The Kier molecular flexibility index (Phi) is 3.11. The lowest BCUT2D eigenvalue weighted by Gasteiger charge is -2.24. The van der Waals surface area contributed by atoms with Crippen molar-refractivity contribution in [1.82, 2.24) is 4.98 Å². The van der Waals surface area contributed by atoms with E-state index >= 15 is 0 Å². The van der Waals surface area contributed by atoms with Crippen LogP contribution in [0.1, 0.15) is 19.8 Å². The maximum absolute atomic E-state index is 12.8. The van der Waals surface area contributed by atoms with Crippen LogP contribution in [0.2, 0.25) is 0 Å². The van der Waals surface area contributed by atoms with Gasteiger partial charge in [-0.1, -0.05) is 42.5 Å². The molecule has 112 valence electrons. The molecule has 1 aromatic carbocycles. The molecule has 0 saturated carbocycles. The number of hydrogen-bond donors (Lipinski definition) is 0. The standard InChI is InChI=1S/C17H16N2O2S/c1-2-10-6-5-7-11-14(10)16(21)19(15(11)20)17-18-12-8-3-4-9-13(12)22-17/h3-6,8-11,14H,2,7H2,1H3. The van der Waals surface area contributed by atoms with Gasteiger partial charge in [0, 0.05) is 0 Å². The van der Waals surface area contributed by atoms with E-state index in [4.69, 9.17) is 0 Å². The molecule has 0 spiro atoms. The zero-order valence-corrected chi connectivity index (χ0v) is 13.0. The Hall–Kier alpha value is -2.01. The minimum absolute atomic E-state index is 0.0785. The van der Waals surface area contributed by atoms with E-state index in [9.17, 15) is 9.59 Å². The van der Waals surface area contributed by atoms with Gasteiger partial charge in [0.05, 0.1) is 22.1 Å². The molecule has 3 atom stereocenters. The molecule has 22 heavy (non-hydrogen) atoms. The summed E-state index contributed by atoms with van der Waals surface area (Å²) in [6.45, 7) is 2.06. The second-order valence-electron chi connectivity index (χ2n) is 5.84. The van der Waals surface area contributed by atoms with E-state index in [0.29, 0.717) is 11.6 Å². The number of imide groups is 1. The predicted octanol–water partition coefficient (Wildman–Crippen LogP) is 3.39. The number of aromatic nitrogens is 1. The van der Waals surface area contributed by atoms with Crippen molar-refractivity contribution in [3.63, 3.8) is 0 Å². The fraction of sp³-hybridized carbons (Fsp3) is 0.353. The van der Waals surface area contributed by atoms with Gasteiger partial charge in [0.25, 0.3) is 0 Å². The zero-order valence-electron chi connectivity index (χ0n) is 12.2. The van der Waals surface area contributed by atoms with Gasteiger partial charge in [-0.15, -0.1) is 0 Å². The average molecular weight is 312 g/mol. The molecular formula is C17H16N2O2S. The van der Waals surface area contributed by atoms with E-state index in [1.807, 2.05) is 30.3 Å². The van der Waals surface area contributed by atoms with Crippen molar-refractivity contribution < 1.29 is 9.59 Å². The van der Waals surface area contributed by atoms with Gasteiger partial charge in [0.1, 0.15) is 0 Å². The van der Waals surface area contributed by atoms with Crippen LogP contribution < -0.4 is 4.90 Å². The highest BCUT2D eigenvalue weighted by molar-refractivity contribution is 7.22. The maximum Gasteiger partial charge on any atom is 0.240 e. The van der Waals surface area contributed by atoms with Crippen LogP contribution >= 0.6 is 11.3 Å². The lowest BCUT2D eigenvalue weighted by molar-refractivity contribution is -0.122. The summed E-state index contributed by atoms with van der Waals surface area (Å²) in [5.41, 5.74) is 0.836. The summed E-state index contributed by atoms with van der Waals surface area (Å²) < 4.78 is 0.998. The average Bonchev–Trinajstić information content (AvgIpc) is 3.07. The molecule has 0 bridgehead atoms. The molecule has 2 aromatic rings. The topological polar surface area (TPSA) is 50.3 Å². The molecule has 1 aliphatic heterocycles. The summed E-state index contributed by atoms with van der Waals surface area (Å²) in [4.78, 5) is 31.4. The molecule has 1 aliphatic carbocycles. The number of carbonyl (C=O) groups is 2. The Morgan fingerprint density at radius 1 is 1.27 bits per heavy atom. The number of fused-ring (bicyclic) bond motifs is 2. The monoisotopic (exact) mass is 312 g/mol. The van der Waals surface area contributed by atoms with Crippen LogP contribution in [0, 0.1) is 17.8 Å². The minimum atomic E-state index is -0.213. The van der Waals surface area contributed by atoms with Crippen LogP contribution in [0.25, 0.3) is 10.2 Å². The summed E-state index contributed by atoms with van der Waals surface area (Å²) >= 11 is 1.41. The first-order valence-corrected chi connectivity index (χ1v) is 8.42. The van der Waals surface area contributed by atoms with Gasteiger partial charge in [-0.3, -0.25) is 9.59 Å². The molecule has 1 fully saturated rings. The van der Waals surface area contributed by atoms with Gasteiger partial charge in [-0.25, -0.2) is 9.88 Å². The number of nitrogens with zero attached hydrogens (tertiary/aromatic N) is 2. The second kappa shape index (κ2) is 5.02. The van der Waals surface area contributed by atoms with Gasteiger partial charge in [0.15, 0.2) is 5.13 Å². The number of benzene rings is 1. The SMILES string of the molecule is CCC1C=CCC2C(=O)N(c3nc4ccccc4s3)C(=O)C12. The second-order valence-corrected chi connectivity index (χ2v) is 6.85. The van der Waals surface area contributed by atoms with Crippen molar-refractivity contribution in [3.8, 4) is 0 Å². The Morgan fingerprint density at radius 2 is 2.09 bits per heavy atom. The number of thiazole rings is 1. The number of anilines is 1. The highest BCUT2D eigenvalue weighted by atomic mass is 32.1. The Morgan fingerprint density at radius 3 is 2.86 bits per heavy atom. The Balaban J connectivity index is 1.76. The molecule has 5 heteroatoms. The molecule has 1 aromatic heterocycles. The van der Waals surface area contributed by atoms with Gasteiger partial charge in [-0.05, 0) is 30.9 Å². The highest BCUT2D eigenvalue weighted by Crippen LogP contribution is 2.43. The number of para-hydroxylation sites is 1. The Bertz CT molecular complexity index is 762. The van der Waals surface area contributed by atoms with E-state index in [1.165, 1.54) is 16.2 Å². The first-order valence-electron chi connectivity index (χ1n) is 7.60. The molecule has 4 nitrogen and oxygen atoms in total. The van der Waals surface area contributed by atoms with Gasteiger partial charge >= 0.3 is 0 Å². The van der Waals surface area contributed by atoms with Crippen LogP contribution in [0.4, 0.5) is 5.13 Å². The van der Waals surface area contributed by atoms with Gasteiger partial charge in [-0.2, -0.15) is 0 Å². The number of amides is 2. The fourth-order valence-electron chi connectivity index (χ4n) is 3.53. The number of allylic oxidation sites excluding steroid dienone is 2. The van der Waals surface area contributed by atoms with Crippen LogP contribution in [0.15, 0.2) is 36.4 Å². The van der Waals surface area contributed by atoms with Crippen LogP contribution in [0.5, 0.6) is 0 Å². The third-order valence-electron chi connectivity index (χ3n) is 4.66. The molecular weight excluding hydrogens is 296 g/mol. The van der Waals surface area contributed by atoms with Crippen molar-refractivity contribution in [3.05, 3.63) is 36.4 Å². The molecule has 0 N–H and O–H groups in total. The summed E-state index contributed by atoms with van der Waals surface area (Å²) in [7, 11) is 0. The van der Waals surface area contributed by atoms with Crippen LogP contribution in [-0.4, -0.2) is 16.8 Å². The molecule has 2 amide bonds. The number of hydrogen-bond acceptors (Lipinski definition) is 4. The smallest absolute Gasteiger partial charge is 0.240 e. The molecule has 2 heterocycles. The molecule has 2 aliphatic rings. The van der Waals surface area contributed by atoms with Gasteiger partial charge in [0.2, 0.25) is 11.8 Å². The van der Waals surface area contributed by atoms with Gasteiger partial charge < -0.3 is 0 Å². The summed E-state index contributed by atoms with van der Waals surface area (Å²) in [5.74, 6) is -0.430. The van der Waals surface area contributed by atoms with E-state index < -0.39 is 0 Å². The lowest BCUT2D eigenvalue weighted by Crippen LogP contribution is -2.31. The molecule has 4 rings (SSSR count). The van der Waals surface area contributed by atoms with Crippen molar-refractivity contribution in [1.29, 1.82) is 0 Å². The summed E-state index contributed by atoms with van der Waals surface area (Å²) in [6, 6.07) is 7.72. The van der Waals surface area contributed by atoms with Crippen LogP contribution in [-0.2, 0) is 9.59 Å². The fourth-order valence-corrected chi connectivity index (χ4v) is 4.51. The molecule has 1 saturated heterocycles. The van der Waals surface area contributed by atoms with E-state index in [1.54, 1.807) is 0 Å². The summed E-state index contributed by atoms with van der Waals surface area (Å²) in [5, 5.41) is 0.514. The van der Waals surface area contributed by atoms with E-state index in [0.717, 1.165) is 16.6 Å². The predicted molar refractivity (Wildman–Crippen MR) is 86.6 cm³/mol. The number of carbonyl (C=O) groups excluding carboxylic acids is 2. The van der Waals surface area contributed by atoms with Crippen molar-refractivity contribution in [2.75, 3.05) is 4.90 Å². The van der Waals surface area contributed by atoms with Crippen molar-refractivity contribution in [2.45, 2.75) is 19.8 Å². The van der Waals surface area contributed by atoms with Crippen molar-refractivity contribution >= 4 is 38.5 Å². The Labute approximate surface area is 132 Å². The third kappa shape index (κ3) is 1.85. The zero-order chi connectivity index (χ0) is 15.3. The third-order valence-corrected chi connectivity index (χ3v) is 5.68. The van der Waals surface area contributed by atoms with Crippen molar-refractivity contribution in [2.24, 2.45) is 17.8 Å². The normalized spacial score (nSPS) is 27.7. The quantitative estimate of drug-likeness (QED) is 0.631. The largest absolute Gasteiger partial charge is 0.274 e. The minimum Gasteiger partial charge on any atom is -0.274 e. The maximum atomic E-state index is 12.8. The molecule has 3 unspecified atom stereocenters. The summed E-state index contributed by atoms with van der Waals surface area (Å²) in [6.07, 6.45) is 5.67. The van der Waals surface area contributed by atoms with E-state index in [-0.39, 0.29) is 29.6 Å².